The average Bonchev–Trinajstić information content (AvgIpc) is 2.53. The normalized spacial score (nSPS) is 10.4. The first-order valence-corrected chi connectivity index (χ1v) is 5.09. The zero-order valence-corrected chi connectivity index (χ0v) is 8.75. The molecule has 0 unspecified atom stereocenters. The summed E-state index contributed by atoms with van der Waals surface area (Å²) in [6, 6.07) is 0. The van der Waals surface area contributed by atoms with Crippen molar-refractivity contribution < 1.29 is 9.32 Å². The molecular formula is C10H16N2O2. The zero-order chi connectivity index (χ0) is 10.4. The number of ketones is 1. The van der Waals surface area contributed by atoms with Crippen molar-refractivity contribution >= 4 is 5.78 Å². The highest BCUT2D eigenvalue weighted by Gasteiger charge is 2.09. The van der Waals surface area contributed by atoms with E-state index in [1.807, 2.05) is 6.92 Å². The van der Waals surface area contributed by atoms with Gasteiger partial charge in [0.1, 0.15) is 5.78 Å². The number of nitrogens with zero attached hydrogens (tertiary/aromatic N) is 2. The summed E-state index contributed by atoms with van der Waals surface area (Å²) in [6.07, 6.45) is 3.54. The Morgan fingerprint density at radius 1 is 1.36 bits per heavy atom. The van der Waals surface area contributed by atoms with Gasteiger partial charge in [0.15, 0.2) is 5.82 Å². The fourth-order valence-electron chi connectivity index (χ4n) is 1.22. The molecule has 1 aromatic rings. The van der Waals surface area contributed by atoms with Gasteiger partial charge in [-0.25, -0.2) is 0 Å². The van der Waals surface area contributed by atoms with E-state index >= 15 is 0 Å². The number of aryl methyl sites for hydroxylation is 1. The van der Waals surface area contributed by atoms with E-state index in [-0.39, 0.29) is 12.2 Å². The van der Waals surface area contributed by atoms with Gasteiger partial charge in [-0.05, 0) is 12.8 Å². The summed E-state index contributed by atoms with van der Waals surface area (Å²) >= 11 is 0. The van der Waals surface area contributed by atoms with E-state index < -0.39 is 0 Å². The van der Waals surface area contributed by atoms with Crippen LogP contribution in [0.15, 0.2) is 4.52 Å². The van der Waals surface area contributed by atoms with Gasteiger partial charge in [-0.1, -0.05) is 19.0 Å². The molecule has 0 bridgehead atoms. The fraction of sp³-hybridized carbons (Fsp3) is 0.700. The number of Topliss-reactive ketones (excluding diaryl/α,β-unsaturated/α-hetero) is 1. The van der Waals surface area contributed by atoms with Crippen molar-refractivity contribution in [3.8, 4) is 0 Å². The van der Waals surface area contributed by atoms with Crippen LogP contribution in [0.2, 0.25) is 0 Å². The van der Waals surface area contributed by atoms with Gasteiger partial charge in [0.2, 0.25) is 5.89 Å². The zero-order valence-electron chi connectivity index (χ0n) is 8.75. The predicted molar refractivity (Wildman–Crippen MR) is 51.9 cm³/mol. The lowest BCUT2D eigenvalue weighted by Crippen LogP contribution is -2.02. The van der Waals surface area contributed by atoms with Crippen molar-refractivity contribution in [3.63, 3.8) is 0 Å². The second-order valence-corrected chi connectivity index (χ2v) is 3.32. The summed E-state index contributed by atoms with van der Waals surface area (Å²) in [7, 11) is 0. The predicted octanol–water partition coefficient (Wildman–Crippen LogP) is 1.93. The maximum Gasteiger partial charge on any atom is 0.234 e. The third-order valence-corrected chi connectivity index (χ3v) is 1.86. The Bertz CT molecular complexity index is 294. The van der Waals surface area contributed by atoms with Crippen LogP contribution >= 0.6 is 0 Å². The van der Waals surface area contributed by atoms with Crippen molar-refractivity contribution in [1.82, 2.24) is 10.1 Å². The molecule has 0 fully saturated rings. The van der Waals surface area contributed by atoms with Gasteiger partial charge in [-0.2, -0.15) is 4.98 Å². The standard InChI is InChI=1S/C10H16N2O2/c1-3-5-8(13)7-10-11-9(6-4-2)12-14-10/h3-7H2,1-2H3. The molecule has 1 rings (SSSR count). The number of aromatic nitrogens is 2. The van der Waals surface area contributed by atoms with Crippen LogP contribution in [0, 0.1) is 0 Å². The van der Waals surface area contributed by atoms with E-state index in [0.717, 1.165) is 19.3 Å². The van der Waals surface area contributed by atoms with Crippen LogP contribution in [0.4, 0.5) is 0 Å². The van der Waals surface area contributed by atoms with Gasteiger partial charge < -0.3 is 4.52 Å². The summed E-state index contributed by atoms with van der Waals surface area (Å²) < 4.78 is 4.95. The van der Waals surface area contributed by atoms with Crippen LogP contribution in [0.3, 0.4) is 0 Å². The van der Waals surface area contributed by atoms with Gasteiger partial charge in [0, 0.05) is 12.8 Å². The Labute approximate surface area is 83.7 Å². The molecule has 1 heterocycles. The van der Waals surface area contributed by atoms with Gasteiger partial charge >= 0.3 is 0 Å². The maximum atomic E-state index is 11.3. The summed E-state index contributed by atoms with van der Waals surface area (Å²) in [5.41, 5.74) is 0. The molecule has 0 saturated carbocycles. The topological polar surface area (TPSA) is 56.0 Å². The van der Waals surface area contributed by atoms with E-state index in [4.69, 9.17) is 4.52 Å². The first-order chi connectivity index (χ1) is 6.76. The van der Waals surface area contributed by atoms with E-state index in [9.17, 15) is 4.79 Å². The maximum absolute atomic E-state index is 11.3. The Kier molecular flexibility index (Phi) is 4.29. The smallest absolute Gasteiger partial charge is 0.234 e. The molecule has 4 heteroatoms. The molecule has 0 atom stereocenters. The first-order valence-electron chi connectivity index (χ1n) is 5.09. The number of carbonyl (C=O) groups is 1. The first kappa shape index (κ1) is 10.9. The molecule has 0 amide bonds. The monoisotopic (exact) mass is 196 g/mol. The summed E-state index contributed by atoms with van der Waals surface area (Å²) in [5.74, 6) is 1.32. The molecular weight excluding hydrogens is 180 g/mol. The summed E-state index contributed by atoms with van der Waals surface area (Å²) in [5, 5.41) is 3.78. The van der Waals surface area contributed by atoms with Gasteiger partial charge in [0.05, 0.1) is 6.42 Å². The van der Waals surface area contributed by atoms with Crippen LogP contribution in [0.1, 0.15) is 44.8 Å². The molecule has 0 N–H and O–H groups in total. The van der Waals surface area contributed by atoms with E-state index in [2.05, 4.69) is 17.1 Å². The number of carbonyl (C=O) groups excluding carboxylic acids is 1. The van der Waals surface area contributed by atoms with Crippen LogP contribution in [-0.2, 0) is 17.6 Å². The van der Waals surface area contributed by atoms with Crippen molar-refractivity contribution in [2.75, 3.05) is 0 Å². The molecule has 78 valence electrons. The molecule has 0 aliphatic carbocycles. The SMILES string of the molecule is CCCC(=O)Cc1nc(CCC)no1. The lowest BCUT2D eigenvalue weighted by molar-refractivity contribution is -0.118. The summed E-state index contributed by atoms with van der Waals surface area (Å²) in [4.78, 5) is 15.4. The van der Waals surface area contributed by atoms with Gasteiger partial charge in [-0.3, -0.25) is 4.79 Å². The molecule has 0 radical (unpaired) electrons. The summed E-state index contributed by atoms with van der Waals surface area (Å²) in [6.45, 7) is 4.03. The molecule has 0 saturated heterocycles. The molecule has 4 nitrogen and oxygen atoms in total. The highest BCUT2D eigenvalue weighted by atomic mass is 16.5. The third kappa shape index (κ3) is 3.28. The van der Waals surface area contributed by atoms with Gasteiger partial charge in [0.25, 0.3) is 0 Å². The van der Waals surface area contributed by atoms with Crippen LogP contribution < -0.4 is 0 Å². The van der Waals surface area contributed by atoms with E-state index in [0.29, 0.717) is 18.1 Å². The Morgan fingerprint density at radius 2 is 2.14 bits per heavy atom. The molecule has 0 aliphatic rings. The largest absolute Gasteiger partial charge is 0.339 e. The second kappa shape index (κ2) is 5.52. The minimum Gasteiger partial charge on any atom is -0.339 e. The van der Waals surface area contributed by atoms with E-state index in [1.54, 1.807) is 0 Å². The quantitative estimate of drug-likeness (QED) is 0.697. The Balaban J connectivity index is 2.46. The fourth-order valence-corrected chi connectivity index (χ4v) is 1.22. The molecule has 14 heavy (non-hydrogen) atoms. The highest BCUT2D eigenvalue weighted by Crippen LogP contribution is 2.03. The molecule has 1 aromatic heterocycles. The number of rotatable bonds is 6. The second-order valence-electron chi connectivity index (χ2n) is 3.32. The third-order valence-electron chi connectivity index (χ3n) is 1.86. The highest BCUT2D eigenvalue weighted by molar-refractivity contribution is 5.79. The van der Waals surface area contributed by atoms with Crippen molar-refractivity contribution in [2.45, 2.75) is 46.0 Å². The van der Waals surface area contributed by atoms with Crippen LogP contribution in [0.5, 0.6) is 0 Å². The number of hydrogen-bond donors (Lipinski definition) is 0. The molecule has 0 aliphatic heterocycles. The lowest BCUT2D eigenvalue weighted by atomic mass is 10.2. The van der Waals surface area contributed by atoms with Crippen molar-refractivity contribution in [1.29, 1.82) is 0 Å². The Morgan fingerprint density at radius 3 is 2.79 bits per heavy atom. The van der Waals surface area contributed by atoms with Crippen molar-refractivity contribution in [2.24, 2.45) is 0 Å². The minimum absolute atomic E-state index is 0.166. The molecule has 0 spiro atoms. The van der Waals surface area contributed by atoms with Crippen LogP contribution in [0.25, 0.3) is 0 Å². The van der Waals surface area contributed by atoms with Crippen LogP contribution in [-0.4, -0.2) is 15.9 Å². The average molecular weight is 196 g/mol. The lowest BCUT2D eigenvalue weighted by Gasteiger charge is -1.91. The number of hydrogen-bond acceptors (Lipinski definition) is 4. The minimum atomic E-state index is 0.166. The Hall–Kier alpha value is -1.19. The van der Waals surface area contributed by atoms with Gasteiger partial charge in [-0.15, -0.1) is 0 Å². The van der Waals surface area contributed by atoms with Crippen molar-refractivity contribution in [3.05, 3.63) is 11.7 Å². The van der Waals surface area contributed by atoms with E-state index in [1.165, 1.54) is 0 Å². The molecule has 0 aromatic carbocycles.